The third kappa shape index (κ3) is 4.44. The summed E-state index contributed by atoms with van der Waals surface area (Å²) in [6, 6.07) is 9.53. The van der Waals surface area contributed by atoms with Gasteiger partial charge in [0.15, 0.2) is 0 Å². The van der Waals surface area contributed by atoms with E-state index in [1.165, 1.54) is 53.9 Å². The first-order valence-corrected chi connectivity index (χ1v) is 10.9. The average Bonchev–Trinajstić information content (AvgIpc) is 3.28. The topological polar surface area (TPSA) is 119 Å². The lowest BCUT2D eigenvalue weighted by Crippen LogP contribution is -2.35. The number of carbonyl (C=O) groups is 1. The minimum Gasteiger partial charge on any atom is -0.494 e. The number of benzene rings is 2. The number of hydrogen-bond acceptors (Lipinski definition) is 6. The van der Waals surface area contributed by atoms with Crippen LogP contribution < -0.4 is 10.1 Å². The van der Waals surface area contributed by atoms with E-state index in [2.05, 4.69) is 5.32 Å². The van der Waals surface area contributed by atoms with Crippen LogP contribution >= 0.6 is 0 Å². The van der Waals surface area contributed by atoms with Crippen molar-refractivity contribution < 1.29 is 22.9 Å². The predicted octanol–water partition coefficient (Wildman–Crippen LogP) is 3.42. The quantitative estimate of drug-likeness (QED) is 0.528. The lowest BCUT2D eigenvalue weighted by atomic mass is 10.2. The van der Waals surface area contributed by atoms with E-state index in [0.717, 1.165) is 25.7 Å². The number of nitro benzene ring substituents is 1. The summed E-state index contributed by atoms with van der Waals surface area (Å²) in [5, 5.41) is 13.5. The molecule has 0 aromatic heterocycles. The number of hydrogen-bond donors (Lipinski definition) is 1. The van der Waals surface area contributed by atoms with Gasteiger partial charge in [0.2, 0.25) is 10.0 Å². The highest BCUT2D eigenvalue weighted by molar-refractivity contribution is 7.89. The van der Waals surface area contributed by atoms with Gasteiger partial charge in [-0.05, 0) is 43.2 Å². The van der Waals surface area contributed by atoms with Crippen LogP contribution in [-0.4, -0.2) is 43.8 Å². The van der Waals surface area contributed by atoms with Crippen molar-refractivity contribution in [3.05, 3.63) is 58.1 Å². The van der Waals surface area contributed by atoms with Crippen LogP contribution in [0.2, 0.25) is 0 Å². The van der Waals surface area contributed by atoms with E-state index in [4.69, 9.17) is 4.74 Å². The van der Waals surface area contributed by atoms with Gasteiger partial charge in [-0.15, -0.1) is 0 Å². The number of rotatable bonds is 7. The van der Waals surface area contributed by atoms with Crippen LogP contribution in [0, 0.1) is 10.1 Å². The molecule has 10 heteroatoms. The van der Waals surface area contributed by atoms with Crippen LogP contribution in [0.25, 0.3) is 0 Å². The van der Waals surface area contributed by atoms with Gasteiger partial charge in [0, 0.05) is 24.7 Å². The van der Waals surface area contributed by atoms with Crippen LogP contribution in [0.5, 0.6) is 5.75 Å². The van der Waals surface area contributed by atoms with Crippen molar-refractivity contribution in [2.24, 2.45) is 0 Å². The zero-order valence-electron chi connectivity index (χ0n) is 16.7. The molecule has 1 aliphatic rings. The number of sulfonamides is 1. The summed E-state index contributed by atoms with van der Waals surface area (Å²) in [6.45, 7) is 0. The Labute approximate surface area is 174 Å². The molecule has 0 aliphatic heterocycles. The van der Waals surface area contributed by atoms with Gasteiger partial charge in [-0.3, -0.25) is 14.9 Å². The number of amides is 1. The van der Waals surface area contributed by atoms with Crippen LogP contribution in [0.4, 0.5) is 11.4 Å². The van der Waals surface area contributed by atoms with E-state index in [1.54, 1.807) is 7.05 Å². The Morgan fingerprint density at radius 3 is 2.37 bits per heavy atom. The van der Waals surface area contributed by atoms with Gasteiger partial charge in [-0.1, -0.05) is 12.8 Å². The number of nitro groups is 1. The summed E-state index contributed by atoms with van der Waals surface area (Å²) in [6.07, 6.45) is 3.76. The molecule has 0 heterocycles. The molecule has 1 N–H and O–H groups in total. The lowest BCUT2D eigenvalue weighted by Gasteiger charge is -2.23. The van der Waals surface area contributed by atoms with Crippen molar-refractivity contribution in [2.45, 2.75) is 36.6 Å². The fourth-order valence-corrected chi connectivity index (χ4v) is 4.92. The van der Waals surface area contributed by atoms with Gasteiger partial charge in [0.05, 0.1) is 28.7 Å². The largest absolute Gasteiger partial charge is 0.494 e. The second-order valence-corrected chi connectivity index (χ2v) is 9.08. The second-order valence-electron chi connectivity index (χ2n) is 7.08. The highest BCUT2D eigenvalue weighted by Gasteiger charge is 2.30. The van der Waals surface area contributed by atoms with Crippen molar-refractivity contribution in [1.82, 2.24) is 4.31 Å². The maximum atomic E-state index is 12.8. The second kappa shape index (κ2) is 8.80. The summed E-state index contributed by atoms with van der Waals surface area (Å²) in [5.41, 5.74) is 0.356. The monoisotopic (exact) mass is 433 g/mol. The molecule has 1 aliphatic carbocycles. The van der Waals surface area contributed by atoms with Gasteiger partial charge >= 0.3 is 0 Å². The maximum absolute atomic E-state index is 12.8. The molecule has 30 heavy (non-hydrogen) atoms. The minimum absolute atomic E-state index is 0.00702. The smallest absolute Gasteiger partial charge is 0.273 e. The number of non-ortho nitro benzene ring substituents is 1. The van der Waals surface area contributed by atoms with Crippen molar-refractivity contribution >= 4 is 27.3 Å². The molecule has 2 aromatic rings. The molecule has 0 saturated heterocycles. The molecule has 0 unspecified atom stereocenters. The summed E-state index contributed by atoms with van der Waals surface area (Å²) < 4.78 is 32.2. The number of nitrogens with one attached hydrogen (secondary N) is 1. The molecule has 0 atom stereocenters. The normalized spacial score (nSPS) is 14.6. The number of methoxy groups -OCH3 is 1. The first kappa shape index (κ1) is 21.7. The molecule has 1 saturated carbocycles. The first-order chi connectivity index (χ1) is 14.2. The Morgan fingerprint density at radius 1 is 1.17 bits per heavy atom. The van der Waals surface area contributed by atoms with E-state index in [0.29, 0.717) is 0 Å². The first-order valence-electron chi connectivity index (χ1n) is 9.46. The third-order valence-corrected chi connectivity index (χ3v) is 7.20. The zero-order chi connectivity index (χ0) is 21.9. The van der Waals surface area contributed by atoms with Gasteiger partial charge in [0.25, 0.3) is 11.6 Å². The Kier molecular flexibility index (Phi) is 6.37. The van der Waals surface area contributed by atoms with E-state index < -0.39 is 20.9 Å². The lowest BCUT2D eigenvalue weighted by molar-refractivity contribution is -0.384. The molecule has 9 nitrogen and oxygen atoms in total. The summed E-state index contributed by atoms with van der Waals surface area (Å²) in [4.78, 5) is 23.0. The fraction of sp³-hybridized carbons (Fsp3) is 0.350. The maximum Gasteiger partial charge on any atom is 0.273 e. The molecule has 3 rings (SSSR count). The van der Waals surface area contributed by atoms with Crippen molar-refractivity contribution in [1.29, 1.82) is 0 Å². The Balaban J connectivity index is 1.76. The molecular weight excluding hydrogens is 410 g/mol. The van der Waals surface area contributed by atoms with Gasteiger partial charge < -0.3 is 10.1 Å². The Morgan fingerprint density at radius 2 is 1.80 bits per heavy atom. The number of carbonyl (C=O) groups excluding carboxylic acids is 1. The zero-order valence-corrected chi connectivity index (χ0v) is 17.5. The molecule has 0 bridgehead atoms. The molecule has 1 amide bonds. The van der Waals surface area contributed by atoms with Gasteiger partial charge in [-0.25, -0.2) is 8.42 Å². The highest BCUT2D eigenvalue weighted by Crippen LogP contribution is 2.30. The summed E-state index contributed by atoms with van der Waals surface area (Å²) in [5.74, 6) is -0.342. The fourth-order valence-electron chi connectivity index (χ4n) is 3.50. The van der Waals surface area contributed by atoms with E-state index in [9.17, 15) is 23.3 Å². The standard InChI is InChI=1S/C20H23N3O6S/c1-22(15-5-3-4-6-15)30(27,28)17-10-7-14(8-11-17)20(24)21-18-12-9-16(23(25)26)13-19(18)29-2/h7-13,15H,3-6H2,1-2H3,(H,21,24). The molecule has 1 fully saturated rings. The van der Waals surface area contributed by atoms with E-state index >= 15 is 0 Å². The number of ether oxygens (including phenoxy) is 1. The summed E-state index contributed by atoms with van der Waals surface area (Å²) in [7, 11) is -0.697. The average molecular weight is 433 g/mol. The molecule has 160 valence electrons. The van der Waals surface area contributed by atoms with Crippen LogP contribution in [0.1, 0.15) is 36.0 Å². The van der Waals surface area contributed by atoms with Crippen molar-refractivity contribution in [2.75, 3.05) is 19.5 Å². The number of anilines is 1. The van der Waals surface area contributed by atoms with Crippen LogP contribution in [0.15, 0.2) is 47.4 Å². The molecule has 0 radical (unpaired) electrons. The number of nitrogens with zero attached hydrogens (tertiary/aromatic N) is 2. The Bertz CT molecular complexity index is 1050. The Hall–Kier alpha value is -2.98. The van der Waals surface area contributed by atoms with Crippen LogP contribution in [0.3, 0.4) is 0 Å². The van der Waals surface area contributed by atoms with Crippen molar-refractivity contribution in [3.8, 4) is 5.75 Å². The van der Waals surface area contributed by atoms with E-state index in [-0.39, 0.29) is 33.6 Å². The van der Waals surface area contributed by atoms with Crippen LogP contribution in [-0.2, 0) is 10.0 Å². The van der Waals surface area contributed by atoms with E-state index in [1.807, 2.05) is 0 Å². The van der Waals surface area contributed by atoms with Gasteiger partial charge in [0.1, 0.15) is 5.75 Å². The predicted molar refractivity (Wildman–Crippen MR) is 111 cm³/mol. The molecular formula is C20H23N3O6S. The highest BCUT2D eigenvalue weighted by atomic mass is 32.2. The van der Waals surface area contributed by atoms with Crippen molar-refractivity contribution in [3.63, 3.8) is 0 Å². The van der Waals surface area contributed by atoms with Gasteiger partial charge in [-0.2, -0.15) is 4.31 Å². The summed E-state index contributed by atoms with van der Waals surface area (Å²) >= 11 is 0. The third-order valence-electron chi connectivity index (χ3n) is 5.28. The molecule has 2 aromatic carbocycles. The molecule has 0 spiro atoms. The minimum atomic E-state index is -3.63. The SMILES string of the molecule is COc1cc([N+](=O)[O-])ccc1NC(=O)c1ccc(S(=O)(=O)N(C)C2CCCC2)cc1.